The molecular weight excluding hydrogens is 793 g/mol. The largest absolute Gasteiger partial charge is 0.481 e. The van der Waals surface area contributed by atoms with Gasteiger partial charge in [-0.15, -0.1) is 0 Å². The Bertz CT molecular complexity index is 2180. The van der Waals surface area contributed by atoms with Crippen LogP contribution < -0.4 is 9.04 Å². The summed E-state index contributed by atoms with van der Waals surface area (Å²) in [6, 6.07) is 18.8. The fraction of sp³-hybridized carbons (Fsp3) is 0.357. The maximum absolute atomic E-state index is 13.5. The average Bonchev–Trinajstić information content (AvgIpc) is 3.13. The molecule has 4 rings (SSSR count). The number of esters is 1. The minimum atomic E-state index is -3.65. The van der Waals surface area contributed by atoms with E-state index in [2.05, 4.69) is 9.97 Å². The van der Waals surface area contributed by atoms with E-state index in [4.69, 9.17) is 26.2 Å². The second kappa shape index (κ2) is 20.5. The molecule has 0 saturated heterocycles. The van der Waals surface area contributed by atoms with Gasteiger partial charge in [-0.1, -0.05) is 37.6 Å². The SMILES string of the molecule is CC(C)OC(=O)C(C)(C)Oc1ccc(C(=O)c2ccc(Cl)cc2)cc1.CC(C)c1nc(N(C)S(C)(=O)=O)nc(-c2ccc(F)cc2)c1/C=C/[C@@H](O)C[C@@H](O)CC(=O)O. The Morgan fingerprint density at radius 1 is 0.914 bits per heavy atom. The van der Waals surface area contributed by atoms with Crippen LogP contribution in [0.4, 0.5) is 10.3 Å². The molecule has 0 saturated carbocycles. The predicted octanol–water partition coefficient (Wildman–Crippen LogP) is 7.08. The number of aliphatic hydroxyl groups excluding tert-OH is 2. The van der Waals surface area contributed by atoms with E-state index < -0.39 is 52.0 Å². The van der Waals surface area contributed by atoms with Crippen LogP contribution >= 0.6 is 11.6 Å². The van der Waals surface area contributed by atoms with Crippen molar-refractivity contribution in [2.24, 2.45) is 0 Å². The van der Waals surface area contributed by atoms with E-state index in [1.54, 1.807) is 76.2 Å². The van der Waals surface area contributed by atoms with Gasteiger partial charge in [-0.25, -0.2) is 31.9 Å². The van der Waals surface area contributed by atoms with Gasteiger partial charge in [-0.2, -0.15) is 0 Å². The highest BCUT2D eigenvalue weighted by atomic mass is 35.5. The number of anilines is 1. The van der Waals surface area contributed by atoms with E-state index in [1.165, 1.54) is 43.5 Å². The monoisotopic (exact) mass is 841 g/mol. The van der Waals surface area contributed by atoms with Crippen molar-refractivity contribution in [3.8, 4) is 17.0 Å². The molecule has 1 heterocycles. The fourth-order valence-corrected chi connectivity index (χ4v) is 5.68. The molecule has 3 N–H and O–H groups in total. The van der Waals surface area contributed by atoms with Crippen LogP contribution in [0.2, 0.25) is 5.02 Å². The van der Waals surface area contributed by atoms with Crippen LogP contribution in [-0.4, -0.2) is 88.6 Å². The summed E-state index contributed by atoms with van der Waals surface area (Å²) < 4.78 is 49.5. The topological polar surface area (TPSA) is 194 Å². The first-order valence-corrected chi connectivity index (χ1v) is 20.4. The number of ether oxygens (including phenoxy) is 2. The van der Waals surface area contributed by atoms with Crippen molar-refractivity contribution >= 4 is 51.4 Å². The molecule has 13 nitrogen and oxygen atoms in total. The maximum Gasteiger partial charge on any atom is 0.350 e. The van der Waals surface area contributed by atoms with E-state index in [1.807, 2.05) is 13.8 Å². The van der Waals surface area contributed by atoms with Crippen molar-refractivity contribution < 1.29 is 52.0 Å². The van der Waals surface area contributed by atoms with Crippen molar-refractivity contribution in [2.45, 2.75) is 84.2 Å². The maximum atomic E-state index is 13.5. The van der Waals surface area contributed by atoms with Crippen molar-refractivity contribution in [3.63, 3.8) is 0 Å². The Hall–Kier alpha value is -5.22. The standard InChI is InChI=1S/C22H28FN3O6S.C20H21ClO4/c1-13(2)20-18(10-9-16(27)11-17(28)12-19(29)30)21(14-5-7-15(23)8-6-14)25-22(24-20)26(3)33(4,31)32;1-13(2)24-19(23)20(3,4)25-17-11-7-15(8-12-17)18(22)14-5-9-16(21)10-6-14/h5-10,13,16-17,27-28H,11-12H2,1-4H3,(H,29,30);5-13H,1-4H3/b10-9+;/t16-,17-;/m1./s1. The Balaban J connectivity index is 0.000000322. The molecule has 58 heavy (non-hydrogen) atoms. The number of carboxylic acid groups (broad SMARTS) is 1. The highest BCUT2D eigenvalue weighted by Gasteiger charge is 2.32. The van der Waals surface area contributed by atoms with Crippen molar-refractivity contribution in [3.05, 3.63) is 112 Å². The summed E-state index contributed by atoms with van der Waals surface area (Å²) in [4.78, 5) is 44.0. The minimum Gasteiger partial charge on any atom is -0.481 e. The minimum absolute atomic E-state index is 0.0601. The second-order valence-corrected chi connectivity index (χ2v) is 16.9. The first kappa shape index (κ1) is 47.2. The zero-order valence-corrected chi connectivity index (χ0v) is 35.1. The van der Waals surface area contributed by atoms with E-state index in [0.717, 1.165) is 10.6 Å². The molecule has 16 heteroatoms. The molecule has 0 aliphatic heterocycles. The molecule has 312 valence electrons. The number of aromatic nitrogens is 2. The van der Waals surface area contributed by atoms with Gasteiger partial charge in [0.1, 0.15) is 11.6 Å². The van der Waals surface area contributed by atoms with Crippen LogP contribution in [0.5, 0.6) is 5.75 Å². The molecule has 0 fully saturated rings. The smallest absolute Gasteiger partial charge is 0.350 e. The summed E-state index contributed by atoms with van der Waals surface area (Å²) in [7, 11) is -2.33. The summed E-state index contributed by atoms with van der Waals surface area (Å²) in [6.45, 7) is 10.6. The van der Waals surface area contributed by atoms with Gasteiger partial charge in [0.2, 0.25) is 16.0 Å². The van der Waals surface area contributed by atoms with E-state index >= 15 is 0 Å². The summed E-state index contributed by atoms with van der Waals surface area (Å²) in [6.07, 6.45) is 0.646. The lowest BCUT2D eigenvalue weighted by Crippen LogP contribution is -2.40. The number of aliphatic carboxylic acids is 1. The molecule has 0 aliphatic carbocycles. The Morgan fingerprint density at radius 2 is 1.47 bits per heavy atom. The summed E-state index contributed by atoms with van der Waals surface area (Å²) >= 11 is 5.84. The van der Waals surface area contributed by atoms with E-state index in [-0.39, 0.29) is 30.2 Å². The van der Waals surface area contributed by atoms with Gasteiger partial charge in [-0.05, 0) is 106 Å². The molecule has 0 amide bonds. The lowest BCUT2D eigenvalue weighted by molar-refractivity contribution is -0.163. The van der Waals surface area contributed by atoms with Gasteiger partial charge in [0.25, 0.3) is 0 Å². The highest BCUT2D eigenvalue weighted by Crippen LogP contribution is 2.32. The number of halogens is 2. The lowest BCUT2D eigenvalue weighted by Gasteiger charge is -2.25. The van der Waals surface area contributed by atoms with Crippen LogP contribution in [-0.2, 0) is 24.3 Å². The number of rotatable bonds is 16. The third kappa shape index (κ3) is 14.0. The van der Waals surface area contributed by atoms with Crippen molar-refractivity contribution in [1.29, 1.82) is 0 Å². The first-order chi connectivity index (χ1) is 27.0. The third-order valence-electron chi connectivity index (χ3n) is 8.25. The van der Waals surface area contributed by atoms with Gasteiger partial charge in [0, 0.05) is 40.7 Å². The number of carbonyl (C=O) groups is 3. The van der Waals surface area contributed by atoms with E-state index in [9.17, 15) is 37.4 Å². The van der Waals surface area contributed by atoms with Crippen LogP contribution in [0.1, 0.15) is 87.5 Å². The van der Waals surface area contributed by atoms with E-state index in [0.29, 0.717) is 44.4 Å². The molecule has 0 unspecified atom stereocenters. The van der Waals surface area contributed by atoms with Crippen LogP contribution in [0, 0.1) is 5.82 Å². The number of hydrogen-bond acceptors (Lipinski definition) is 11. The Labute approximate surface area is 343 Å². The summed E-state index contributed by atoms with van der Waals surface area (Å²) in [5, 5.41) is 29.4. The third-order valence-corrected chi connectivity index (χ3v) is 9.66. The van der Waals surface area contributed by atoms with Gasteiger partial charge >= 0.3 is 11.9 Å². The number of carboxylic acids is 1. The van der Waals surface area contributed by atoms with Gasteiger partial charge in [0.05, 0.1) is 42.4 Å². The number of nitrogens with zero attached hydrogens (tertiary/aromatic N) is 3. The summed E-state index contributed by atoms with van der Waals surface area (Å²) in [5.41, 5.74) is 1.76. The van der Waals surface area contributed by atoms with Gasteiger partial charge < -0.3 is 24.8 Å². The molecule has 0 bridgehead atoms. The Kier molecular flexibility index (Phi) is 16.6. The quantitative estimate of drug-likeness (QED) is 0.0768. The molecule has 4 aromatic rings. The number of carbonyl (C=O) groups excluding carboxylic acids is 2. The molecule has 1 aromatic heterocycles. The number of sulfonamides is 1. The van der Waals surface area contributed by atoms with Crippen LogP contribution in [0.3, 0.4) is 0 Å². The highest BCUT2D eigenvalue weighted by molar-refractivity contribution is 7.92. The van der Waals surface area contributed by atoms with Gasteiger partial charge in [-0.3, -0.25) is 9.59 Å². The average molecular weight is 842 g/mol. The number of aliphatic hydroxyl groups is 2. The predicted molar refractivity (Wildman–Crippen MR) is 220 cm³/mol. The molecule has 0 radical (unpaired) electrons. The zero-order chi connectivity index (χ0) is 43.5. The zero-order valence-electron chi connectivity index (χ0n) is 33.5. The van der Waals surface area contributed by atoms with Crippen LogP contribution in [0.25, 0.3) is 17.3 Å². The molecule has 2 atom stereocenters. The van der Waals surface area contributed by atoms with Crippen molar-refractivity contribution in [2.75, 3.05) is 17.6 Å². The molecule has 3 aromatic carbocycles. The Morgan fingerprint density at radius 3 is 1.97 bits per heavy atom. The van der Waals surface area contributed by atoms with Crippen molar-refractivity contribution in [1.82, 2.24) is 9.97 Å². The number of hydrogen-bond donors (Lipinski definition) is 3. The van der Waals surface area contributed by atoms with Gasteiger partial charge in [0.15, 0.2) is 11.4 Å². The number of ketones is 1. The summed E-state index contributed by atoms with van der Waals surface area (Å²) in [5.74, 6) is -1.93. The normalized spacial score (nSPS) is 12.8. The number of benzene rings is 3. The fourth-order valence-electron chi connectivity index (χ4n) is 5.18. The first-order valence-electron chi connectivity index (χ1n) is 18.2. The lowest BCUT2D eigenvalue weighted by atomic mass is 9.97. The molecule has 0 spiro atoms. The molecular formula is C42H49ClFN3O10S. The molecule has 0 aliphatic rings. The van der Waals surface area contributed by atoms with Crippen LogP contribution in [0.15, 0.2) is 78.9 Å². The second-order valence-electron chi connectivity index (χ2n) is 14.4.